The van der Waals surface area contributed by atoms with E-state index in [1.807, 2.05) is 30.7 Å². The number of aromatic nitrogens is 3. The first-order valence-electron chi connectivity index (χ1n) is 8.25. The van der Waals surface area contributed by atoms with E-state index in [2.05, 4.69) is 9.97 Å². The number of unbranched alkanes of at least 4 members (excludes halogenated alkanes) is 1. The zero-order valence-electron chi connectivity index (χ0n) is 13.8. The van der Waals surface area contributed by atoms with Crippen LogP contribution in [-0.4, -0.2) is 46.1 Å². The standard InChI is InChI=1S/C16H24N4O2S/c1-3-4-10-23(21,22)20-9-7-13(12-20)11-15-18-14-6-5-8-17-16(14)19(15)2/h5-6,8,13H,3-4,7,9-12H2,1-2H3/t13-/m1/s1. The number of hydrogen-bond donors (Lipinski definition) is 0. The monoisotopic (exact) mass is 336 g/mol. The number of sulfonamides is 1. The highest BCUT2D eigenvalue weighted by atomic mass is 32.2. The van der Waals surface area contributed by atoms with Gasteiger partial charge in [0, 0.05) is 32.8 Å². The molecule has 0 radical (unpaired) electrons. The third-order valence-corrected chi connectivity index (χ3v) is 6.51. The minimum Gasteiger partial charge on any atom is -0.316 e. The molecule has 3 heterocycles. The molecule has 0 unspecified atom stereocenters. The summed E-state index contributed by atoms with van der Waals surface area (Å²) < 4.78 is 28.3. The van der Waals surface area contributed by atoms with Crippen molar-refractivity contribution in [2.75, 3.05) is 18.8 Å². The number of imidazole rings is 1. The summed E-state index contributed by atoms with van der Waals surface area (Å²) in [5.74, 6) is 1.59. The van der Waals surface area contributed by atoms with Crippen LogP contribution in [0.5, 0.6) is 0 Å². The predicted octanol–water partition coefficient (Wildman–Crippen LogP) is 1.96. The smallest absolute Gasteiger partial charge is 0.214 e. The summed E-state index contributed by atoms with van der Waals surface area (Å²) in [4.78, 5) is 9.00. The van der Waals surface area contributed by atoms with Crippen molar-refractivity contribution >= 4 is 21.2 Å². The van der Waals surface area contributed by atoms with Crippen LogP contribution < -0.4 is 0 Å². The van der Waals surface area contributed by atoms with Crippen molar-refractivity contribution in [2.45, 2.75) is 32.6 Å². The lowest BCUT2D eigenvalue weighted by molar-refractivity contribution is 0.450. The maximum atomic E-state index is 12.3. The molecule has 1 atom stereocenters. The van der Waals surface area contributed by atoms with Gasteiger partial charge in [-0.25, -0.2) is 22.7 Å². The molecule has 1 aliphatic heterocycles. The van der Waals surface area contributed by atoms with Crippen molar-refractivity contribution in [2.24, 2.45) is 13.0 Å². The molecule has 0 bridgehead atoms. The van der Waals surface area contributed by atoms with Crippen molar-refractivity contribution in [3.05, 3.63) is 24.2 Å². The first-order chi connectivity index (χ1) is 11.0. The summed E-state index contributed by atoms with van der Waals surface area (Å²) in [7, 11) is -1.11. The highest BCUT2D eigenvalue weighted by molar-refractivity contribution is 7.89. The molecule has 0 saturated carbocycles. The van der Waals surface area contributed by atoms with Crippen molar-refractivity contribution < 1.29 is 8.42 Å². The van der Waals surface area contributed by atoms with Crippen LogP contribution in [0.25, 0.3) is 11.2 Å². The van der Waals surface area contributed by atoms with Gasteiger partial charge >= 0.3 is 0 Å². The first kappa shape index (κ1) is 16.4. The van der Waals surface area contributed by atoms with Gasteiger partial charge in [-0.3, -0.25) is 0 Å². The fourth-order valence-electron chi connectivity index (χ4n) is 3.18. The van der Waals surface area contributed by atoms with E-state index in [9.17, 15) is 8.42 Å². The van der Waals surface area contributed by atoms with Crippen LogP contribution in [0.3, 0.4) is 0 Å². The summed E-state index contributed by atoms with van der Waals surface area (Å²) in [6.45, 7) is 3.27. The largest absolute Gasteiger partial charge is 0.316 e. The lowest BCUT2D eigenvalue weighted by Crippen LogP contribution is -2.31. The van der Waals surface area contributed by atoms with E-state index >= 15 is 0 Å². The van der Waals surface area contributed by atoms with Crippen LogP contribution in [0, 0.1) is 5.92 Å². The molecule has 0 spiro atoms. The van der Waals surface area contributed by atoms with E-state index in [1.165, 1.54) is 0 Å². The normalized spacial score (nSPS) is 19.7. The number of pyridine rings is 1. The van der Waals surface area contributed by atoms with Gasteiger partial charge < -0.3 is 4.57 Å². The Labute approximate surface area is 137 Å². The topological polar surface area (TPSA) is 68.1 Å². The van der Waals surface area contributed by atoms with Gasteiger partial charge in [-0.2, -0.15) is 0 Å². The average molecular weight is 336 g/mol. The number of aryl methyl sites for hydroxylation is 1. The molecular weight excluding hydrogens is 312 g/mol. The molecule has 126 valence electrons. The highest BCUT2D eigenvalue weighted by Crippen LogP contribution is 2.24. The van der Waals surface area contributed by atoms with Gasteiger partial charge in [-0.1, -0.05) is 13.3 Å². The van der Waals surface area contributed by atoms with Crippen LogP contribution in [0.15, 0.2) is 18.3 Å². The summed E-state index contributed by atoms with van der Waals surface area (Å²) >= 11 is 0. The number of hydrogen-bond acceptors (Lipinski definition) is 4. The van der Waals surface area contributed by atoms with Gasteiger partial charge in [0.2, 0.25) is 10.0 Å². The maximum absolute atomic E-state index is 12.3. The van der Waals surface area contributed by atoms with Crippen molar-refractivity contribution in [1.82, 2.24) is 18.8 Å². The fourth-order valence-corrected chi connectivity index (χ4v) is 4.92. The molecule has 2 aromatic rings. The second-order valence-electron chi connectivity index (χ2n) is 6.32. The molecule has 23 heavy (non-hydrogen) atoms. The Morgan fingerprint density at radius 3 is 2.96 bits per heavy atom. The van der Waals surface area contributed by atoms with E-state index in [0.29, 0.717) is 19.0 Å². The first-order valence-corrected chi connectivity index (χ1v) is 9.86. The second kappa shape index (κ2) is 6.57. The lowest BCUT2D eigenvalue weighted by atomic mass is 10.1. The molecule has 0 aliphatic carbocycles. The number of rotatable bonds is 6. The average Bonchev–Trinajstić information content (AvgIpc) is 3.12. The van der Waals surface area contributed by atoms with E-state index in [0.717, 1.165) is 42.7 Å². The highest BCUT2D eigenvalue weighted by Gasteiger charge is 2.31. The number of fused-ring (bicyclic) bond motifs is 1. The third kappa shape index (κ3) is 3.40. The molecular formula is C16H24N4O2S. The van der Waals surface area contributed by atoms with E-state index in [1.54, 1.807) is 10.5 Å². The molecule has 3 rings (SSSR count). The summed E-state index contributed by atoms with van der Waals surface area (Å²) in [6.07, 6.45) is 5.11. The molecule has 1 saturated heterocycles. The molecule has 0 aromatic carbocycles. The Bertz CT molecular complexity index is 784. The molecule has 2 aromatic heterocycles. The molecule has 6 nitrogen and oxygen atoms in total. The maximum Gasteiger partial charge on any atom is 0.214 e. The van der Waals surface area contributed by atoms with Crippen molar-refractivity contribution in [1.29, 1.82) is 0 Å². The van der Waals surface area contributed by atoms with E-state index in [-0.39, 0.29) is 5.75 Å². The molecule has 1 aliphatic rings. The predicted molar refractivity (Wildman–Crippen MR) is 90.6 cm³/mol. The Morgan fingerprint density at radius 2 is 2.22 bits per heavy atom. The van der Waals surface area contributed by atoms with Gasteiger partial charge in [0.05, 0.1) is 5.75 Å². The van der Waals surface area contributed by atoms with Gasteiger partial charge in [-0.15, -0.1) is 0 Å². The van der Waals surface area contributed by atoms with Crippen LogP contribution in [0.2, 0.25) is 0 Å². The molecule has 0 amide bonds. The van der Waals surface area contributed by atoms with Gasteiger partial charge in [0.1, 0.15) is 11.3 Å². The zero-order valence-corrected chi connectivity index (χ0v) is 14.6. The van der Waals surface area contributed by atoms with Gasteiger partial charge in [-0.05, 0) is 30.9 Å². The molecule has 0 N–H and O–H groups in total. The lowest BCUT2D eigenvalue weighted by Gasteiger charge is -2.16. The Hall–Kier alpha value is -1.47. The minimum absolute atomic E-state index is 0.270. The zero-order chi connectivity index (χ0) is 16.4. The van der Waals surface area contributed by atoms with Crippen LogP contribution in [0.4, 0.5) is 0 Å². The van der Waals surface area contributed by atoms with Crippen LogP contribution in [-0.2, 0) is 23.5 Å². The van der Waals surface area contributed by atoms with Crippen molar-refractivity contribution in [3.63, 3.8) is 0 Å². The SMILES string of the molecule is CCCCS(=O)(=O)N1CC[C@H](Cc2nc3cccnc3n2C)C1. The van der Waals surface area contributed by atoms with E-state index < -0.39 is 10.0 Å². The van der Waals surface area contributed by atoms with E-state index in [4.69, 9.17) is 0 Å². The molecule has 7 heteroatoms. The summed E-state index contributed by atoms with van der Waals surface area (Å²) in [5, 5.41) is 0. The second-order valence-corrected chi connectivity index (χ2v) is 8.41. The Morgan fingerprint density at radius 1 is 1.39 bits per heavy atom. The Balaban J connectivity index is 1.69. The minimum atomic E-state index is -3.09. The molecule has 1 fully saturated rings. The summed E-state index contributed by atoms with van der Waals surface area (Å²) in [5.41, 5.74) is 1.78. The third-order valence-electron chi connectivity index (χ3n) is 4.59. The van der Waals surface area contributed by atoms with Gasteiger partial charge in [0.25, 0.3) is 0 Å². The fraction of sp³-hybridized carbons (Fsp3) is 0.625. The van der Waals surface area contributed by atoms with Crippen LogP contribution in [0.1, 0.15) is 32.0 Å². The Kier molecular flexibility index (Phi) is 4.68. The van der Waals surface area contributed by atoms with Gasteiger partial charge in [0.15, 0.2) is 5.65 Å². The van der Waals surface area contributed by atoms with Crippen LogP contribution >= 0.6 is 0 Å². The quantitative estimate of drug-likeness (QED) is 0.809. The number of nitrogens with zero attached hydrogens (tertiary/aromatic N) is 4. The summed E-state index contributed by atoms with van der Waals surface area (Å²) in [6, 6.07) is 3.85. The van der Waals surface area contributed by atoms with Crippen molar-refractivity contribution in [3.8, 4) is 0 Å².